The number of sulfone groups is 1. The van der Waals surface area contributed by atoms with E-state index in [0.29, 0.717) is 30.3 Å². The van der Waals surface area contributed by atoms with Gasteiger partial charge >= 0.3 is 0 Å². The maximum atomic E-state index is 13.3. The highest BCUT2D eigenvalue weighted by Gasteiger charge is 2.30. The number of ether oxygens (including phenoxy) is 2. The van der Waals surface area contributed by atoms with Gasteiger partial charge in [0.15, 0.2) is 11.5 Å². The third kappa shape index (κ3) is 3.68. The van der Waals surface area contributed by atoms with E-state index in [1.807, 2.05) is 0 Å². The van der Waals surface area contributed by atoms with Crippen molar-refractivity contribution in [2.24, 2.45) is 0 Å². The molecule has 0 spiro atoms. The van der Waals surface area contributed by atoms with Gasteiger partial charge in [0.1, 0.15) is 19.0 Å². The second-order valence-electron chi connectivity index (χ2n) is 6.14. The lowest BCUT2D eigenvalue weighted by molar-refractivity contribution is 0.171. The van der Waals surface area contributed by atoms with Crippen molar-refractivity contribution in [2.45, 2.75) is 9.92 Å². The summed E-state index contributed by atoms with van der Waals surface area (Å²) in [6.45, 7) is 4.60. The first kappa shape index (κ1) is 19.0. The van der Waals surface area contributed by atoms with E-state index in [4.69, 9.17) is 13.9 Å². The van der Waals surface area contributed by atoms with Crippen LogP contribution in [0.25, 0.3) is 11.5 Å². The number of nitrogens with zero attached hydrogens (tertiary/aromatic N) is 1. The molecule has 2 aromatic carbocycles. The predicted molar refractivity (Wildman–Crippen MR) is 103 cm³/mol. The first-order valence-corrected chi connectivity index (χ1v) is 10.2. The van der Waals surface area contributed by atoms with E-state index >= 15 is 0 Å². The van der Waals surface area contributed by atoms with Crippen LogP contribution in [0, 0.1) is 5.82 Å². The zero-order valence-corrected chi connectivity index (χ0v) is 16.0. The van der Waals surface area contributed by atoms with Gasteiger partial charge in [-0.15, -0.1) is 6.58 Å². The number of benzene rings is 2. The van der Waals surface area contributed by atoms with E-state index in [0.717, 1.165) is 0 Å². The number of halogens is 1. The van der Waals surface area contributed by atoms with Gasteiger partial charge in [-0.25, -0.2) is 12.8 Å². The molecule has 9 heteroatoms. The van der Waals surface area contributed by atoms with Crippen LogP contribution in [0.5, 0.6) is 11.5 Å². The molecule has 7 nitrogen and oxygen atoms in total. The summed E-state index contributed by atoms with van der Waals surface area (Å²) in [6.07, 6.45) is 1.56. The second-order valence-corrected chi connectivity index (χ2v) is 8.00. The van der Waals surface area contributed by atoms with E-state index in [1.54, 1.807) is 12.1 Å². The van der Waals surface area contributed by atoms with Crippen molar-refractivity contribution in [3.63, 3.8) is 0 Å². The van der Waals surface area contributed by atoms with Crippen LogP contribution < -0.4 is 14.8 Å². The Bertz CT molecular complexity index is 1160. The van der Waals surface area contributed by atoms with Crippen LogP contribution in [0.4, 0.5) is 10.3 Å². The summed E-state index contributed by atoms with van der Waals surface area (Å²) in [5.74, 6) is 0.425. The summed E-state index contributed by atoms with van der Waals surface area (Å²) in [7, 11) is -4.04. The fraction of sp³-hybridized carbons (Fsp3) is 0.150. The molecular formula is C20H17FN2O5S. The molecule has 1 aliphatic rings. The summed E-state index contributed by atoms with van der Waals surface area (Å²) in [4.78, 5) is 4.17. The van der Waals surface area contributed by atoms with Crippen LogP contribution in [0.3, 0.4) is 0 Å². The number of hydrogen-bond donors (Lipinski definition) is 1. The number of oxazole rings is 1. The molecule has 0 unspecified atom stereocenters. The van der Waals surface area contributed by atoms with Gasteiger partial charge in [0, 0.05) is 18.2 Å². The van der Waals surface area contributed by atoms with E-state index in [-0.39, 0.29) is 28.2 Å². The monoisotopic (exact) mass is 416 g/mol. The van der Waals surface area contributed by atoms with Gasteiger partial charge in [-0.2, -0.15) is 4.98 Å². The number of rotatable bonds is 6. The van der Waals surface area contributed by atoms with Gasteiger partial charge < -0.3 is 19.2 Å². The SMILES string of the molecule is C=CCNc1oc(-c2ccc(F)cc2)nc1S(=O)(=O)c1ccc2c(c1)OCCO2. The lowest BCUT2D eigenvalue weighted by Crippen LogP contribution is -2.16. The average Bonchev–Trinajstić information content (AvgIpc) is 3.17. The quantitative estimate of drug-likeness (QED) is 0.613. The number of anilines is 1. The lowest BCUT2D eigenvalue weighted by atomic mass is 10.2. The Morgan fingerprint density at radius 3 is 2.55 bits per heavy atom. The first-order valence-electron chi connectivity index (χ1n) is 8.75. The van der Waals surface area contributed by atoms with E-state index in [9.17, 15) is 12.8 Å². The molecule has 4 rings (SSSR count). The van der Waals surface area contributed by atoms with Gasteiger partial charge in [0.05, 0.1) is 4.90 Å². The zero-order chi connectivity index (χ0) is 20.4. The molecule has 1 aliphatic heterocycles. The fourth-order valence-electron chi connectivity index (χ4n) is 2.78. The summed E-state index contributed by atoms with van der Waals surface area (Å²) in [5, 5.41) is 2.56. The summed E-state index contributed by atoms with van der Waals surface area (Å²) < 4.78 is 56.3. The third-order valence-corrected chi connectivity index (χ3v) is 5.83. The molecule has 0 amide bonds. The third-order valence-electron chi connectivity index (χ3n) is 4.17. The molecule has 0 bridgehead atoms. The number of nitrogens with one attached hydrogen (secondary N) is 1. The molecule has 0 saturated heterocycles. The van der Waals surface area contributed by atoms with Crippen LogP contribution >= 0.6 is 0 Å². The minimum atomic E-state index is -4.04. The van der Waals surface area contributed by atoms with Gasteiger partial charge in [-0.1, -0.05) is 6.08 Å². The Kier molecular flexibility index (Phi) is 4.98. The molecule has 0 saturated carbocycles. The Hall–Kier alpha value is -3.33. The van der Waals surface area contributed by atoms with Crippen molar-refractivity contribution in [3.8, 4) is 23.0 Å². The lowest BCUT2D eigenvalue weighted by Gasteiger charge is -2.18. The molecule has 0 radical (unpaired) electrons. The second kappa shape index (κ2) is 7.59. The average molecular weight is 416 g/mol. The molecule has 3 aromatic rings. The highest BCUT2D eigenvalue weighted by atomic mass is 32.2. The molecule has 1 aromatic heterocycles. The molecular weight excluding hydrogens is 399 g/mol. The Morgan fingerprint density at radius 1 is 1.10 bits per heavy atom. The smallest absolute Gasteiger partial charge is 0.234 e. The van der Waals surface area contributed by atoms with Gasteiger partial charge in [-0.05, 0) is 36.4 Å². The summed E-state index contributed by atoms with van der Waals surface area (Å²) in [6, 6.07) is 9.76. The number of hydrogen-bond acceptors (Lipinski definition) is 7. The minimum absolute atomic E-state index is 0.0117. The normalized spacial score (nSPS) is 13.1. The van der Waals surface area contributed by atoms with Crippen LogP contribution in [0.15, 0.2) is 69.5 Å². The maximum Gasteiger partial charge on any atom is 0.234 e. The highest BCUT2D eigenvalue weighted by Crippen LogP contribution is 2.37. The number of fused-ring (bicyclic) bond motifs is 1. The van der Waals surface area contributed by atoms with E-state index in [1.165, 1.54) is 36.4 Å². The van der Waals surface area contributed by atoms with Crippen LogP contribution in [0.1, 0.15) is 0 Å². The Labute approximate surface area is 166 Å². The highest BCUT2D eigenvalue weighted by molar-refractivity contribution is 7.91. The largest absolute Gasteiger partial charge is 0.486 e. The maximum absolute atomic E-state index is 13.3. The minimum Gasteiger partial charge on any atom is -0.486 e. The fourth-order valence-corrected chi connectivity index (χ4v) is 4.08. The van der Waals surface area contributed by atoms with Crippen molar-refractivity contribution in [1.29, 1.82) is 0 Å². The molecule has 2 heterocycles. The van der Waals surface area contributed by atoms with Gasteiger partial charge in [0.2, 0.25) is 26.6 Å². The van der Waals surface area contributed by atoms with Crippen molar-refractivity contribution < 1.29 is 26.7 Å². The first-order chi connectivity index (χ1) is 14.0. The standard InChI is InChI=1S/C20H17FN2O5S/c1-2-9-22-19-20(23-18(28-19)13-3-5-14(21)6-4-13)29(24,25)15-7-8-16-17(12-15)27-11-10-26-16/h2-8,12,22H,1,9-11H2. The van der Waals surface area contributed by atoms with Crippen LogP contribution in [0.2, 0.25) is 0 Å². The summed E-state index contributed by atoms with van der Waals surface area (Å²) in [5.41, 5.74) is 0.441. The van der Waals surface area contributed by atoms with Gasteiger partial charge in [-0.3, -0.25) is 0 Å². The summed E-state index contributed by atoms with van der Waals surface area (Å²) >= 11 is 0. The van der Waals surface area contributed by atoms with Crippen molar-refractivity contribution in [3.05, 3.63) is 60.9 Å². The van der Waals surface area contributed by atoms with E-state index < -0.39 is 15.7 Å². The predicted octanol–water partition coefficient (Wildman–Crippen LogP) is 3.68. The Morgan fingerprint density at radius 2 is 1.83 bits per heavy atom. The molecule has 150 valence electrons. The molecule has 29 heavy (non-hydrogen) atoms. The molecule has 0 fully saturated rings. The van der Waals surface area contributed by atoms with Crippen molar-refractivity contribution >= 4 is 15.7 Å². The molecule has 0 aliphatic carbocycles. The number of aromatic nitrogens is 1. The van der Waals surface area contributed by atoms with Crippen LogP contribution in [-0.4, -0.2) is 33.2 Å². The van der Waals surface area contributed by atoms with Crippen molar-refractivity contribution in [2.75, 3.05) is 25.1 Å². The Balaban J connectivity index is 1.79. The molecule has 0 atom stereocenters. The zero-order valence-electron chi connectivity index (χ0n) is 15.2. The van der Waals surface area contributed by atoms with E-state index in [2.05, 4.69) is 16.9 Å². The van der Waals surface area contributed by atoms with Crippen molar-refractivity contribution in [1.82, 2.24) is 4.98 Å². The van der Waals surface area contributed by atoms with Gasteiger partial charge in [0.25, 0.3) is 0 Å². The topological polar surface area (TPSA) is 90.7 Å². The molecule has 1 N–H and O–H groups in total. The van der Waals surface area contributed by atoms with Crippen LogP contribution in [-0.2, 0) is 9.84 Å².